The molecule has 0 radical (unpaired) electrons. The molecule has 1 aromatic heterocycles. The summed E-state index contributed by atoms with van der Waals surface area (Å²) in [5.41, 5.74) is 3.03. The topological polar surface area (TPSA) is 71.9 Å². The fourth-order valence-electron chi connectivity index (χ4n) is 5.58. The molecule has 2 atom stereocenters. The van der Waals surface area contributed by atoms with Crippen molar-refractivity contribution in [3.05, 3.63) is 112 Å². The lowest BCUT2D eigenvalue weighted by Gasteiger charge is -2.42. The molecule has 1 saturated carbocycles. The van der Waals surface area contributed by atoms with Crippen molar-refractivity contribution in [2.24, 2.45) is 0 Å². The smallest absolute Gasteiger partial charge is 0.163 e. The zero-order valence-electron chi connectivity index (χ0n) is 24.9. The second-order valence-corrected chi connectivity index (χ2v) is 12.3. The minimum atomic E-state index is -1.41. The number of nitrogens with zero attached hydrogens (tertiary/aromatic N) is 2. The number of halogens is 2. The van der Waals surface area contributed by atoms with Crippen LogP contribution < -0.4 is 9.47 Å². The van der Waals surface area contributed by atoms with Gasteiger partial charge in [-0.2, -0.15) is 0 Å². The summed E-state index contributed by atoms with van der Waals surface area (Å²) in [6.07, 6.45) is 3.48. The van der Waals surface area contributed by atoms with Crippen LogP contribution in [0.4, 0.5) is 4.39 Å². The molecule has 1 N–H and O–H groups in total. The third-order valence-corrected chi connectivity index (χ3v) is 8.79. The van der Waals surface area contributed by atoms with Gasteiger partial charge in [0, 0.05) is 36.7 Å². The molecule has 6 nitrogen and oxygen atoms in total. The van der Waals surface area contributed by atoms with E-state index in [1.54, 1.807) is 44.4 Å². The molecule has 0 bridgehead atoms. The largest absolute Gasteiger partial charge is 0.493 e. The Bertz CT molecular complexity index is 1660. The number of pyridine rings is 1. The number of likely N-dealkylation sites (tertiary alicyclic amines) is 1. The Labute approximate surface area is 262 Å². The van der Waals surface area contributed by atoms with E-state index in [0.717, 1.165) is 37.9 Å². The quantitative estimate of drug-likeness (QED) is 0.164. The molecule has 3 aromatic carbocycles. The van der Waals surface area contributed by atoms with Crippen LogP contribution in [0.2, 0.25) is 5.02 Å². The van der Waals surface area contributed by atoms with Crippen LogP contribution in [-0.2, 0) is 12.1 Å². The number of benzene rings is 3. The van der Waals surface area contributed by atoms with E-state index in [4.69, 9.17) is 26.1 Å². The van der Waals surface area contributed by atoms with Gasteiger partial charge in [0.1, 0.15) is 11.4 Å². The predicted octanol–water partition coefficient (Wildman–Crippen LogP) is 7.91. The molecular weight excluding hydrogens is 579 g/mol. The van der Waals surface area contributed by atoms with E-state index in [1.807, 2.05) is 30.3 Å². The van der Waals surface area contributed by atoms with Gasteiger partial charge in [0.2, 0.25) is 0 Å². The van der Waals surface area contributed by atoms with Crippen molar-refractivity contribution in [1.82, 2.24) is 9.88 Å². The standard InChI is InChI=1S/C36H36ClFN2O4/c1-36(42,16-14-32(41)25-9-13-33(34(20-25)43-2)44-27-10-11-27)35-21-26(19-30(39-35)24-8-12-29(38)28(37)18-24)31-15-17-40(31)22-23-6-4-3-5-7-23/h3-9,12-13,18-21,27,31,42H,10-11,14-17,22H2,1-2H3. The first kappa shape index (κ1) is 30.3. The van der Waals surface area contributed by atoms with Gasteiger partial charge >= 0.3 is 0 Å². The zero-order chi connectivity index (χ0) is 30.8. The first-order valence-corrected chi connectivity index (χ1v) is 15.4. The Kier molecular flexibility index (Phi) is 8.72. The SMILES string of the molecule is COc1cc(C(=O)CCC(C)(O)c2cc(C3CCN3Cc3ccccc3)cc(-c3ccc(F)c(Cl)c3)n2)ccc1OC1CC1. The van der Waals surface area contributed by atoms with Gasteiger partial charge in [-0.05, 0) is 92.3 Å². The molecule has 2 aliphatic rings. The van der Waals surface area contributed by atoms with E-state index in [1.165, 1.54) is 11.6 Å². The van der Waals surface area contributed by atoms with Gasteiger partial charge in [-0.15, -0.1) is 0 Å². The molecule has 1 saturated heterocycles. The van der Waals surface area contributed by atoms with Gasteiger partial charge in [-0.25, -0.2) is 9.37 Å². The number of ether oxygens (including phenoxy) is 2. The van der Waals surface area contributed by atoms with Gasteiger partial charge in [-0.1, -0.05) is 41.9 Å². The lowest BCUT2D eigenvalue weighted by atomic mass is 9.88. The molecule has 0 amide bonds. The lowest BCUT2D eigenvalue weighted by molar-refractivity contribution is 0.0389. The van der Waals surface area contributed by atoms with Crippen LogP contribution in [-0.4, -0.2) is 40.5 Å². The summed E-state index contributed by atoms with van der Waals surface area (Å²) in [6, 6.07) is 24.1. The van der Waals surface area contributed by atoms with E-state index in [9.17, 15) is 14.3 Å². The Morgan fingerprint density at radius 2 is 1.84 bits per heavy atom. The van der Waals surface area contributed by atoms with Gasteiger partial charge < -0.3 is 14.6 Å². The maximum atomic E-state index is 14.0. The summed E-state index contributed by atoms with van der Waals surface area (Å²) in [4.78, 5) is 20.5. The Balaban J connectivity index is 1.25. The number of hydrogen-bond donors (Lipinski definition) is 1. The molecule has 2 unspecified atom stereocenters. The van der Waals surface area contributed by atoms with Crippen LogP contribution in [0, 0.1) is 5.82 Å². The molecule has 8 heteroatoms. The summed E-state index contributed by atoms with van der Waals surface area (Å²) in [5.74, 6) is 0.530. The third kappa shape index (κ3) is 6.80. The highest BCUT2D eigenvalue weighted by atomic mass is 35.5. The maximum absolute atomic E-state index is 14.0. The molecule has 228 valence electrons. The average molecular weight is 615 g/mol. The molecule has 4 aromatic rings. The molecular formula is C36H36ClFN2O4. The normalized spacial score (nSPS) is 17.9. The van der Waals surface area contributed by atoms with Crippen LogP contribution in [0.5, 0.6) is 11.5 Å². The van der Waals surface area contributed by atoms with Crippen molar-refractivity contribution in [1.29, 1.82) is 0 Å². The van der Waals surface area contributed by atoms with E-state index >= 15 is 0 Å². The van der Waals surface area contributed by atoms with E-state index in [-0.39, 0.29) is 35.8 Å². The second kappa shape index (κ2) is 12.7. The van der Waals surface area contributed by atoms with Gasteiger partial charge in [0.25, 0.3) is 0 Å². The van der Waals surface area contributed by atoms with Crippen LogP contribution in [0.25, 0.3) is 11.3 Å². The van der Waals surface area contributed by atoms with Crippen LogP contribution in [0.3, 0.4) is 0 Å². The average Bonchev–Trinajstić information content (AvgIpc) is 3.84. The molecule has 1 aliphatic heterocycles. The number of ketones is 1. The molecule has 0 spiro atoms. The summed E-state index contributed by atoms with van der Waals surface area (Å²) >= 11 is 6.13. The number of carbonyl (C=O) groups excluding carboxylic acids is 1. The number of hydrogen-bond acceptors (Lipinski definition) is 6. The first-order valence-electron chi connectivity index (χ1n) is 15.1. The maximum Gasteiger partial charge on any atom is 0.163 e. The summed E-state index contributed by atoms with van der Waals surface area (Å²) in [6.45, 7) is 3.44. The van der Waals surface area contributed by atoms with Crippen LogP contribution in [0.1, 0.15) is 72.2 Å². The van der Waals surface area contributed by atoms with Gasteiger partial charge in [0.15, 0.2) is 17.3 Å². The highest BCUT2D eigenvalue weighted by molar-refractivity contribution is 6.31. The predicted molar refractivity (Wildman–Crippen MR) is 169 cm³/mol. The highest BCUT2D eigenvalue weighted by Gasteiger charge is 2.33. The van der Waals surface area contributed by atoms with E-state index in [0.29, 0.717) is 34.0 Å². The monoisotopic (exact) mass is 614 g/mol. The zero-order valence-corrected chi connectivity index (χ0v) is 25.7. The van der Waals surface area contributed by atoms with E-state index in [2.05, 4.69) is 17.0 Å². The van der Waals surface area contributed by atoms with E-state index < -0.39 is 11.4 Å². The second-order valence-electron chi connectivity index (χ2n) is 11.9. The Hall–Kier alpha value is -3.78. The van der Waals surface area contributed by atoms with Crippen molar-refractivity contribution in [2.45, 2.75) is 63.3 Å². The summed E-state index contributed by atoms with van der Waals surface area (Å²) < 4.78 is 25.4. The molecule has 6 rings (SSSR count). The number of carbonyl (C=O) groups is 1. The van der Waals surface area contributed by atoms with Gasteiger partial charge in [0.05, 0.1) is 29.6 Å². The lowest BCUT2D eigenvalue weighted by Crippen LogP contribution is -2.40. The molecule has 44 heavy (non-hydrogen) atoms. The number of aliphatic hydroxyl groups is 1. The number of aromatic nitrogens is 1. The van der Waals surface area contributed by atoms with Crippen LogP contribution in [0.15, 0.2) is 78.9 Å². The highest BCUT2D eigenvalue weighted by Crippen LogP contribution is 2.39. The molecule has 2 fully saturated rings. The van der Waals surface area contributed by atoms with Gasteiger partial charge in [-0.3, -0.25) is 9.69 Å². The first-order chi connectivity index (χ1) is 21.2. The Morgan fingerprint density at radius 3 is 2.52 bits per heavy atom. The van der Waals surface area contributed by atoms with Crippen molar-refractivity contribution in [2.75, 3.05) is 13.7 Å². The van der Waals surface area contributed by atoms with Crippen molar-refractivity contribution >= 4 is 17.4 Å². The number of rotatable bonds is 12. The molecule has 2 heterocycles. The third-order valence-electron chi connectivity index (χ3n) is 8.50. The number of methoxy groups -OCH3 is 1. The minimum Gasteiger partial charge on any atom is -0.493 e. The summed E-state index contributed by atoms with van der Waals surface area (Å²) in [5, 5.41) is 11.7. The minimum absolute atomic E-state index is 0.00642. The van der Waals surface area contributed by atoms with Crippen LogP contribution >= 0.6 is 11.6 Å². The fourth-order valence-corrected chi connectivity index (χ4v) is 5.76. The Morgan fingerprint density at radius 1 is 1.05 bits per heavy atom. The van der Waals surface area contributed by atoms with Crippen molar-refractivity contribution < 1.29 is 23.8 Å². The molecule has 1 aliphatic carbocycles. The van der Waals surface area contributed by atoms with Crippen molar-refractivity contribution in [3.8, 4) is 22.8 Å². The number of Topliss-reactive ketones (excluding diaryl/α,β-unsaturated/α-hetero) is 1. The van der Waals surface area contributed by atoms with Crippen molar-refractivity contribution in [3.63, 3.8) is 0 Å². The summed E-state index contributed by atoms with van der Waals surface area (Å²) in [7, 11) is 1.56. The fraction of sp³-hybridized carbons (Fsp3) is 0.333.